The van der Waals surface area contributed by atoms with E-state index in [-0.39, 0.29) is 0 Å². The average Bonchev–Trinajstić information content (AvgIpc) is 3.28. The lowest BCUT2D eigenvalue weighted by atomic mass is 10.2. The number of hydrogen-bond acceptors (Lipinski definition) is 3. The van der Waals surface area contributed by atoms with Crippen molar-refractivity contribution < 1.29 is 0 Å². The molecule has 0 aliphatic rings. The second-order valence-corrected chi connectivity index (χ2v) is 5.84. The van der Waals surface area contributed by atoms with Gasteiger partial charge in [0.15, 0.2) is 11.8 Å². The lowest BCUT2D eigenvalue weighted by Crippen LogP contribution is -2.38. The van der Waals surface area contributed by atoms with Crippen LogP contribution in [0.15, 0.2) is 60.1 Å². The van der Waals surface area contributed by atoms with Gasteiger partial charge in [0.1, 0.15) is 0 Å². The van der Waals surface area contributed by atoms with Gasteiger partial charge in [0.2, 0.25) is 0 Å². The summed E-state index contributed by atoms with van der Waals surface area (Å²) in [4.78, 5) is 10.8. The van der Waals surface area contributed by atoms with Crippen LogP contribution in [0, 0.1) is 0 Å². The van der Waals surface area contributed by atoms with Crippen LogP contribution in [0.3, 0.4) is 0 Å². The third-order valence-corrected chi connectivity index (χ3v) is 4.02. The fourth-order valence-electron chi connectivity index (χ4n) is 2.64. The van der Waals surface area contributed by atoms with E-state index >= 15 is 0 Å². The number of aryl methyl sites for hydroxylation is 1. The van der Waals surface area contributed by atoms with Gasteiger partial charge in [-0.2, -0.15) is 5.10 Å². The van der Waals surface area contributed by atoms with Crippen molar-refractivity contribution in [2.24, 2.45) is 12.0 Å². The van der Waals surface area contributed by atoms with Crippen molar-refractivity contribution >= 4 is 5.96 Å². The molecule has 0 radical (unpaired) electrons. The molecular formula is C18H23N7. The molecule has 0 aliphatic heterocycles. The zero-order valence-corrected chi connectivity index (χ0v) is 14.8. The molecule has 3 rings (SSSR count). The Morgan fingerprint density at radius 2 is 2.12 bits per heavy atom. The van der Waals surface area contributed by atoms with E-state index in [4.69, 9.17) is 0 Å². The second kappa shape index (κ2) is 7.65. The lowest BCUT2D eigenvalue weighted by molar-refractivity contribution is 0.461. The summed E-state index contributed by atoms with van der Waals surface area (Å²) in [6.45, 7) is 1.46. The Labute approximate surface area is 147 Å². The van der Waals surface area contributed by atoms with Crippen LogP contribution in [-0.4, -0.2) is 44.3 Å². The molecule has 25 heavy (non-hydrogen) atoms. The average molecular weight is 337 g/mol. The lowest BCUT2D eigenvalue weighted by Gasteiger charge is -2.22. The van der Waals surface area contributed by atoms with Crippen LogP contribution >= 0.6 is 0 Å². The van der Waals surface area contributed by atoms with Gasteiger partial charge in [-0.15, -0.1) is 0 Å². The molecule has 0 fully saturated rings. The smallest absolute Gasteiger partial charge is 0.194 e. The fraction of sp³-hybridized carbons (Fsp3) is 0.278. The van der Waals surface area contributed by atoms with E-state index in [2.05, 4.69) is 35.9 Å². The van der Waals surface area contributed by atoms with Crippen molar-refractivity contribution in [2.75, 3.05) is 14.1 Å². The first-order valence-corrected chi connectivity index (χ1v) is 8.14. The van der Waals surface area contributed by atoms with Crippen LogP contribution in [0.5, 0.6) is 0 Å². The van der Waals surface area contributed by atoms with Crippen LogP contribution in [0.4, 0.5) is 0 Å². The standard InChI is InChI=1S/C18H23N7/c1-19-18(24(3)14-16-6-4-10-23(16)2)21-13-15-7-9-20-17(12-15)25-11-5-8-22-25/h4-12H,13-14H2,1-3H3,(H,19,21). The summed E-state index contributed by atoms with van der Waals surface area (Å²) in [5.41, 5.74) is 2.35. The number of nitrogens with one attached hydrogen (secondary N) is 1. The number of guanidine groups is 1. The zero-order chi connectivity index (χ0) is 17.6. The number of aliphatic imine (C=N–C) groups is 1. The van der Waals surface area contributed by atoms with Gasteiger partial charge >= 0.3 is 0 Å². The molecule has 7 heteroatoms. The summed E-state index contributed by atoms with van der Waals surface area (Å²) in [5.74, 6) is 1.65. The molecule has 0 saturated heterocycles. The second-order valence-electron chi connectivity index (χ2n) is 5.84. The van der Waals surface area contributed by atoms with Gasteiger partial charge in [0.05, 0.1) is 6.54 Å². The number of hydrogen-bond donors (Lipinski definition) is 1. The molecule has 0 unspecified atom stereocenters. The molecule has 7 nitrogen and oxygen atoms in total. The molecule has 0 bridgehead atoms. The quantitative estimate of drug-likeness (QED) is 0.570. The molecule has 0 atom stereocenters. The van der Waals surface area contributed by atoms with Crippen molar-refractivity contribution in [2.45, 2.75) is 13.1 Å². The van der Waals surface area contributed by atoms with Crippen molar-refractivity contribution in [1.82, 2.24) is 29.5 Å². The minimum absolute atomic E-state index is 0.668. The Morgan fingerprint density at radius 3 is 2.80 bits per heavy atom. The maximum atomic E-state index is 4.37. The summed E-state index contributed by atoms with van der Waals surface area (Å²) in [5, 5.41) is 7.62. The van der Waals surface area contributed by atoms with Crippen molar-refractivity contribution in [3.8, 4) is 5.82 Å². The zero-order valence-electron chi connectivity index (χ0n) is 14.8. The predicted molar refractivity (Wildman–Crippen MR) is 98.4 cm³/mol. The highest BCUT2D eigenvalue weighted by atomic mass is 15.3. The summed E-state index contributed by atoms with van der Waals surface area (Å²) in [7, 11) is 5.88. The molecule has 0 amide bonds. The highest BCUT2D eigenvalue weighted by Crippen LogP contribution is 2.07. The summed E-state index contributed by atoms with van der Waals surface area (Å²) >= 11 is 0. The number of pyridine rings is 1. The molecule has 1 N–H and O–H groups in total. The molecule has 3 aromatic rings. The maximum Gasteiger partial charge on any atom is 0.194 e. The Balaban J connectivity index is 1.63. The largest absolute Gasteiger partial charge is 0.353 e. The number of rotatable bonds is 5. The van der Waals surface area contributed by atoms with Gasteiger partial charge in [0.25, 0.3) is 0 Å². The monoisotopic (exact) mass is 337 g/mol. The van der Waals surface area contributed by atoms with Gasteiger partial charge in [-0.05, 0) is 35.9 Å². The van der Waals surface area contributed by atoms with Gasteiger partial charge in [0, 0.05) is 58.2 Å². The first kappa shape index (κ1) is 16.8. The van der Waals surface area contributed by atoms with Crippen LogP contribution in [-0.2, 0) is 20.1 Å². The Morgan fingerprint density at radius 1 is 1.24 bits per heavy atom. The van der Waals surface area contributed by atoms with E-state index in [0.717, 1.165) is 23.9 Å². The minimum Gasteiger partial charge on any atom is -0.353 e. The third kappa shape index (κ3) is 4.06. The Kier molecular flexibility index (Phi) is 5.13. The molecule has 3 heterocycles. The highest BCUT2D eigenvalue weighted by molar-refractivity contribution is 5.79. The van der Waals surface area contributed by atoms with Crippen LogP contribution < -0.4 is 5.32 Å². The van der Waals surface area contributed by atoms with Gasteiger partial charge < -0.3 is 14.8 Å². The molecule has 0 spiro atoms. The van der Waals surface area contributed by atoms with Crippen LogP contribution in [0.2, 0.25) is 0 Å². The molecule has 3 aromatic heterocycles. The van der Waals surface area contributed by atoms with Crippen molar-refractivity contribution in [3.05, 3.63) is 66.4 Å². The Bertz CT molecular complexity index is 833. The van der Waals surface area contributed by atoms with Crippen LogP contribution in [0.25, 0.3) is 5.82 Å². The Hall–Kier alpha value is -3.09. The van der Waals surface area contributed by atoms with Gasteiger partial charge in [-0.3, -0.25) is 4.99 Å². The van der Waals surface area contributed by atoms with E-state index in [9.17, 15) is 0 Å². The summed E-state index contributed by atoms with van der Waals surface area (Å²) in [6, 6.07) is 10.1. The summed E-state index contributed by atoms with van der Waals surface area (Å²) < 4.78 is 3.86. The van der Waals surface area contributed by atoms with Crippen molar-refractivity contribution in [3.63, 3.8) is 0 Å². The SMILES string of the molecule is CN=C(NCc1ccnc(-n2cccn2)c1)N(C)Cc1cccn1C. The summed E-state index contributed by atoms with van der Waals surface area (Å²) in [6.07, 6.45) is 7.47. The first-order chi connectivity index (χ1) is 12.2. The molecule has 0 aromatic carbocycles. The number of nitrogens with zero attached hydrogens (tertiary/aromatic N) is 6. The highest BCUT2D eigenvalue weighted by Gasteiger charge is 2.08. The van der Waals surface area contributed by atoms with E-state index in [1.807, 2.05) is 50.8 Å². The number of aromatic nitrogens is 4. The van der Waals surface area contributed by atoms with E-state index < -0.39 is 0 Å². The van der Waals surface area contributed by atoms with Gasteiger partial charge in [-0.1, -0.05) is 0 Å². The molecule has 0 aliphatic carbocycles. The topological polar surface area (TPSA) is 63.3 Å². The third-order valence-electron chi connectivity index (χ3n) is 4.02. The molecular weight excluding hydrogens is 314 g/mol. The normalized spacial score (nSPS) is 11.6. The van der Waals surface area contributed by atoms with E-state index in [1.54, 1.807) is 24.1 Å². The van der Waals surface area contributed by atoms with Gasteiger partial charge in [-0.25, -0.2) is 9.67 Å². The van der Waals surface area contributed by atoms with Crippen LogP contribution in [0.1, 0.15) is 11.3 Å². The predicted octanol–water partition coefficient (Wildman–Crippen LogP) is 1.81. The fourth-order valence-corrected chi connectivity index (χ4v) is 2.64. The minimum atomic E-state index is 0.668. The first-order valence-electron chi connectivity index (χ1n) is 8.14. The maximum absolute atomic E-state index is 4.37. The molecule has 0 saturated carbocycles. The molecule has 130 valence electrons. The van der Waals surface area contributed by atoms with Crippen molar-refractivity contribution in [1.29, 1.82) is 0 Å². The van der Waals surface area contributed by atoms with E-state index in [0.29, 0.717) is 6.54 Å². The van der Waals surface area contributed by atoms with E-state index in [1.165, 1.54) is 5.69 Å².